The number of ketones is 1. The SMILES string of the molecule is COC(=O)[C@H](Cc1c[nH]c2ccccc12)NC(=O)[C@@H](C)c1ccc(C(=O)c2cccs2)cc1. The van der Waals surface area contributed by atoms with Crippen LogP contribution in [0, 0.1) is 0 Å². The summed E-state index contributed by atoms with van der Waals surface area (Å²) in [5.41, 5.74) is 3.21. The molecular weight excluding hydrogens is 436 g/mol. The van der Waals surface area contributed by atoms with Crippen LogP contribution in [0.4, 0.5) is 0 Å². The van der Waals surface area contributed by atoms with Gasteiger partial charge in [0, 0.05) is 29.1 Å². The van der Waals surface area contributed by atoms with Gasteiger partial charge in [-0.15, -0.1) is 11.3 Å². The number of carbonyl (C=O) groups is 3. The summed E-state index contributed by atoms with van der Waals surface area (Å²) in [6.07, 6.45) is 2.16. The fourth-order valence-corrected chi connectivity index (χ4v) is 4.46. The van der Waals surface area contributed by atoms with E-state index in [-0.39, 0.29) is 11.7 Å². The average Bonchev–Trinajstić information content (AvgIpc) is 3.53. The second-order valence-corrected chi connectivity index (χ2v) is 8.75. The van der Waals surface area contributed by atoms with Gasteiger partial charge in [0.2, 0.25) is 11.7 Å². The second-order valence-electron chi connectivity index (χ2n) is 7.80. The molecule has 33 heavy (non-hydrogen) atoms. The van der Waals surface area contributed by atoms with Crippen LogP contribution < -0.4 is 5.32 Å². The molecular formula is C26H24N2O4S. The van der Waals surface area contributed by atoms with Crippen LogP contribution in [-0.2, 0) is 20.7 Å². The highest BCUT2D eigenvalue weighted by Gasteiger charge is 2.26. The number of carbonyl (C=O) groups excluding carboxylic acids is 3. The van der Waals surface area contributed by atoms with Crippen molar-refractivity contribution in [1.82, 2.24) is 10.3 Å². The minimum absolute atomic E-state index is 0.0434. The number of fused-ring (bicyclic) bond motifs is 1. The first-order valence-electron chi connectivity index (χ1n) is 10.6. The van der Waals surface area contributed by atoms with E-state index >= 15 is 0 Å². The van der Waals surface area contributed by atoms with Gasteiger partial charge in [0.15, 0.2) is 0 Å². The molecule has 0 saturated heterocycles. The van der Waals surface area contributed by atoms with Crippen molar-refractivity contribution < 1.29 is 19.1 Å². The number of aromatic amines is 1. The standard InChI is InChI=1S/C26H24N2O4S/c1-16(17-9-11-18(12-10-17)24(29)23-8-5-13-33-23)25(30)28-22(26(31)32-2)14-19-15-27-21-7-4-3-6-20(19)21/h3-13,15-16,22,27H,14H2,1-2H3,(H,28,30)/t16-,22-/m0/s1. The maximum Gasteiger partial charge on any atom is 0.328 e. The normalized spacial score (nSPS) is 12.8. The number of para-hydroxylation sites is 1. The highest BCUT2D eigenvalue weighted by atomic mass is 32.1. The number of amides is 1. The number of ether oxygens (including phenoxy) is 1. The van der Waals surface area contributed by atoms with E-state index in [2.05, 4.69) is 10.3 Å². The van der Waals surface area contributed by atoms with E-state index in [1.165, 1.54) is 18.4 Å². The number of methoxy groups -OCH3 is 1. The Balaban J connectivity index is 1.47. The van der Waals surface area contributed by atoms with Gasteiger partial charge in [0.25, 0.3) is 0 Å². The lowest BCUT2D eigenvalue weighted by atomic mass is 9.97. The van der Waals surface area contributed by atoms with Gasteiger partial charge in [-0.25, -0.2) is 4.79 Å². The van der Waals surface area contributed by atoms with Crippen molar-refractivity contribution in [3.8, 4) is 0 Å². The van der Waals surface area contributed by atoms with Crippen molar-refractivity contribution >= 4 is 39.9 Å². The van der Waals surface area contributed by atoms with E-state index in [1.54, 1.807) is 37.3 Å². The number of esters is 1. The van der Waals surface area contributed by atoms with Crippen LogP contribution in [0.1, 0.15) is 39.2 Å². The van der Waals surface area contributed by atoms with Gasteiger partial charge in [-0.3, -0.25) is 9.59 Å². The van der Waals surface area contributed by atoms with E-state index < -0.39 is 17.9 Å². The number of benzene rings is 2. The van der Waals surface area contributed by atoms with E-state index in [0.29, 0.717) is 16.9 Å². The number of hydrogen-bond acceptors (Lipinski definition) is 5. The summed E-state index contributed by atoms with van der Waals surface area (Å²) in [4.78, 5) is 41.8. The Bertz CT molecular complexity index is 1280. The van der Waals surface area contributed by atoms with Crippen LogP contribution in [0.5, 0.6) is 0 Å². The molecule has 2 atom stereocenters. The Kier molecular flexibility index (Phi) is 6.70. The summed E-state index contributed by atoms with van der Waals surface area (Å²) < 4.78 is 4.94. The molecule has 7 heteroatoms. The van der Waals surface area contributed by atoms with Gasteiger partial charge in [-0.2, -0.15) is 0 Å². The van der Waals surface area contributed by atoms with Crippen molar-refractivity contribution in [2.45, 2.75) is 25.3 Å². The summed E-state index contributed by atoms with van der Waals surface area (Å²) in [7, 11) is 1.31. The van der Waals surface area contributed by atoms with Crippen LogP contribution in [0.15, 0.2) is 72.2 Å². The molecule has 2 heterocycles. The Morgan fingerprint density at radius 3 is 2.48 bits per heavy atom. The van der Waals surface area contributed by atoms with E-state index in [1.807, 2.05) is 41.9 Å². The Labute approximate surface area is 195 Å². The molecule has 0 spiro atoms. The number of rotatable bonds is 8. The summed E-state index contributed by atoms with van der Waals surface area (Å²) in [5, 5.41) is 5.70. The Morgan fingerprint density at radius 2 is 1.79 bits per heavy atom. The lowest BCUT2D eigenvalue weighted by Gasteiger charge is -2.19. The fraction of sp³-hybridized carbons (Fsp3) is 0.192. The summed E-state index contributed by atoms with van der Waals surface area (Å²) in [5.74, 6) is -1.34. The molecule has 1 amide bonds. The third-order valence-electron chi connectivity index (χ3n) is 5.71. The number of hydrogen-bond donors (Lipinski definition) is 2. The maximum atomic E-state index is 13.0. The second kappa shape index (κ2) is 9.83. The third kappa shape index (κ3) is 4.88. The number of nitrogens with one attached hydrogen (secondary N) is 2. The zero-order valence-corrected chi connectivity index (χ0v) is 19.1. The highest BCUT2D eigenvalue weighted by molar-refractivity contribution is 7.12. The first-order chi connectivity index (χ1) is 16.0. The van der Waals surface area contributed by atoms with Crippen molar-refractivity contribution in [1.29, 1.82) is 0 Å². The van der Waals surface area contributed by atoms with Crippen molar-refractivity contribution in [3.63, 3.8) is 0 Å². The zero-order valence-electron chi connectivity index (χ0n) is 18.3. The molecule has 0 aliphatic rings. The van der Waals surface area contributed by atoms with E-state index in [9.17, 15) is 14.4 Å². The zero-order chi connectivity index (χ0) is 23.4. The maximum absolute atomic E-state index is 13.0. The molecule has 0 aliphatic carbocycles. The lowest BCUT2D eigenvalue weighted by Crippen LogP contribution is -2.44. The molecule has 168 valence electrons. The molecule has 2 N–H and O–H groups in total. The predicted molar refractivity (Wildman–Crippen MR) is 129 cm³/mol. The minimum atomic E-state index is -0.816. The molecule has 4 aromatic rings. The number of H-pyrrole nitrogens is 1. The highest BCUT2D eigenvalue weighted by Crippen LogP contribution is 2.22. The monoisotopic (exact) mass is 460 g/mol. The van der Waals surface area contributed by atoms with Gasteiger partial charge in [0.05, 0.1) is 17.9 Å². The molecule has 0 bridgehead atoms. The van der Waals surface area contributed by atoms with Gasteiger partial charge in [-0.1, -0.05) is 48.5 Å². The predicted octanol–water partition coefficient (Wildman–Crippen LogP) is 4.46. The fourth-order valence-electron chi connectivity index (χ4n) is 3.78. The van der Waals surface area contributed by atoms with Gasteiger partial charge < -0.3 is 15.0 Å². The molecule has 0 aliphatic heterocycles. The average molecular weight is 461 g/mol. The molecule has 0 saturated carbocycles. The lowest BCUT2D eigenvalue weighted by molar-refractivity contribution is -0.145. The Morgan fingerprint density at radius 1 is 1.03 bits per heavy atom. The van der Waals surface area contributed by atoms with Crippen molar-refractivity contribution in [2.75, 3.05) is 7.11 Å². The molecule has 0 radical (unpaired) electrons. The quantitative estimate of drug-likeness (QED) is 0.300. The summed E-state index contributed by atoms with van der Waals surface area (Å²) >= 11 is 1.40. The first kappa shape index (κ1) is 22.5. The summed E-state index contributed by atoms with van der Waals surface area (Å²) in [6, 6.07) is 17.6. The molecule has 2 aromatic heterocycles. The van der Waals surface area contributed by atoms with Crippen molar-refractivity contribution in [3.05, 3.63) is 93.8 Å². The number of thiophene rings is 1. The van der Waals surface area contributed by atoms with E-state index in [0.717, 1.165) is 22.0 Å². The molecule has 2 aromatic carbocycles. The third-order valence-corrected chi connectivity index (χ3v) is 6.58. The van der Waals surface area contributed by atoms with E-state index in [4.69, 9.17) is 4.74 Å². The van der Waals surface area contributed by atoms with Crippen LogP contribution in [0.2, 0.25) is 0 Å². The number of aromatic nitrogens is 1. The molecule has 6 nitrogen and oxygen atoms in total. The summed E-state index contributed by atoms with van der Waals surface area (Å²) in [6.45, 7) is 1.77. The molecule has 0 fully saturated rings. The van der Waals surface area contributed by atoms with Crippen LogP contribution in [0.3, 0.4) is 0 Å². The van der Waals surface area contributed by atoms with Gasteiger partial charge in [-0.05, 0) is 35.6 Å². The van der Waals surface area contributed by atoms with Gasteiger partial charge in [0.1, 0.15) is 6.04 Å². The first-order valence-corrected chi connectivity index (χ1v) is 11.5. The van der Waals surface area contributed by atoms with Crippen molar-refractivity contribution in [2.24, 2.45) is 0 Å². The minimum Gasteiger partial charge on any atom is -0.467 e. The van der Waals surface area contributed by atoms with Gasteiger partial charge >= 0.3 is 5.97 Å². The Hall–Kier alpha value is -3.71. The smallest absolute Gasteiger partial charge is 0.328 e. The topological polar surface area (TPSA) is 88.3 Å². The van der Waals surface area contributed by atoms with Crippen LogP contribution in [-0.4, -0.2) is 35.8 Å². The largest absolute Gasteiger partial charge is 0.467 e. The molecule has 4 rings (SSSR count). The van der Waals surface area contributed by atoms with Crippen LogP contribution >= 0.6 is 11.3 Å². The molecule has 0 unspecified atom stereocenters. The van der Waals surface area contributed by atoms with Crippen LogP contribution in [0.25, 0.3) is 10.9 Å².